The number of halogens is 2. The molecule has 1 spiro atoms. The lowest BCUT2D eigenvalue weighted by Gasteiger charge is -2.45. The third-order valence-electron chi connectivity index (χ3n) is 6.70. The van der Waals surface area contributed by atoms with E-state index in [2.05, 4.69) is 10.4 Å². The second-order valence-corrected chi connectivity index (χ2v) is 9.38. The molecule has 2 aliphatic rings. The molecule has 2 aliphatic heterocycles. The number of nitrogens with two attached hydrogens (primary N) is 1. The van der Waals surface area contributed by atoms with Gasteiger partial charge in [0.05, 0.1) is 47.4 Å². The Kier molecular flexibility index (Phi) is 6.03. The smallest absolute Gasteiger partial charge is 0.412 e. The lowest BCUT2D eigenvalue weighted by molar-refractivity contribution is -0.0418. The number of carbonyl (C=O) groups excluding carboxylic acids is 3. The van der Waals surface area contributed by atoms with Crippen molar-refractivity contribution >= 4 is 41.1 Å². The Morgan fingerprint density at radius 3 is 2.81 bits per heavy atom. The van der Waals surface area contributed by atoms with Crippen molar-refractivity contribution in [1.29, 1.82) is 0 Å². The number of hydrogen-bond acceptors (Lipinski definition) is 7. The number of aryl methyl sites for hydroxylation is 1. The van der Waals surface area contributed by atoms with Crippen molar-refractivity contribution in [3.05, 3.63) is 69.6 Å². The molecule has 0 unspecified atom stereocenters. The fourth-order valence-corrected chi connectivity index (χ4v) is 5.13. The summed E-state index contributed by atoms with van der Waals surface area (Å²) in [6.07, 6.45) is 1.38. The number of rotatable bonds is 3. The standard InChI is InChI=1S/C25H23ClFN5O5/c1-13-10-14(23(34)36-2)4-7-18(13)32-21(28)15(11-29-32)22(33)31-9-3-8-25(12-31)19-17(30-24(35)37-25)6-5-16(26)20(19)27/h4-7,10-11H,3,8-9,12,28H2,1-2H3,(H,30,35)/t25-/m0/s1. The molecule has 3 N–H and O–H groups in total. The average Bonchev–Trinajstić information content (AvgIpc) is 3.25. The van der Waals surface area contributed by atoms with E-state index >= 15 is 4.39 Å². The van der Waals surface area contributed by atoms with Gasteiger partial charge in [-0.25, -0.2) is 18.7 Å². The maximum absolute atomic E-state index is 15.2. The summed E-state index contributed by atoms with van der Waals surface area (Å²) in [7, 11) is 1.30. The third-order valence-corrected chi connectivity index (χ3v) is 6.99. The number of piperidine rings is 1. The van der Waals surface area contributed by atoms with E-state index < -0.39 is 29.4 Å². The summed E-state index contributed by atoms with van der Waals surface area (Å²) < 4.78 is 26.9. The Balaban J connectivity index is 1.46. The molecule has 12 heteroatoms. The summed E-state index contributed by atoms with van der Waals surface area (Å²) in [6, 6.07) is 7.75. The number of anilines is 2. The van der Waals surface area contributed by atoms with Crippen LogP contribution in [0.4, 0.5) is 20.7 Å². The minimum atomic E-state index is -1.40. The van der Waals surface area contributed by atoms with Gasteiger partial charge >= 0.3 is 12.1 Å². The molecule has 3 heterocycles. The van der Waals surface area contributed by atoms with E-state index in [4.69, 9.17) is 26.8 Å². The number of likely N-dealkylation sites (tertiary alicyclic amines) is 1. The van der Waals surface area contributed by atoms with E-state index in [1.807, 2.05) is 0 Å². The molecule has 37 heavy (non-hydrogen) atoms. The van der Waals surface area contributed by atoms with Gasteiger partial charge in [-0.2, -0.15) is 5.10 Å². The van der Waals surface area contributed by atoms with Gasteiger partial charge in [-0.1, -0.05) is 11.6 Å². The number of fused-ring (bicyclic) bond motifs is 2. The van der Waals surface area contributed by atoms with Crippen molar-refractivity contribution in [2.75, 3.05) is 31.2 Å². The van der Waals surface area contributed by atoms with Crippen molar-refractivity contribution in [3.63, 3.8) is 0 Å². The predicted octanol–water partition coefficient (Wildman–Crippen LogP) is 4.04. The molecule has 1 aromatic heterocycles. The molecule has 0 saturated carbocycles. The van der Waals surface area contributed by atoms with Crippen LogP contribution in [-0.4, -0.2) is 52.8 Å². The molecule has 0 bridgehead atoms. The second-order valence-electron chi connectivity index (χ2n) is 8.97. The van der Waals surface area contributed by atoms with Crippen LogP contribution < -0.4 is 11.1 Å². The first kappa shape index (κ1) is 24.6. The number of carbonyl (C=O) groups is 3. The number of nitrogen functional groups attached to an aromatic ring is 1. The van der Waals surface area contributed by atoms with Crippen LogP contribution in [0.2, 0.25) is 5.02 Å². The van der Waals surface area contributed by atoms with Gasteiger partial charge in [0.1, 0.15) is 11.4 Å². The maximum Gasteiger partial charge on any atom is 0.412 e. The van der Waals surface area contributed by atoms with Crippen LogP contribution in [0.5, 0.6) is 0 Å². The van der Waals surface area contributed by atoms with Crippen molar-refractivity contribution < 1.29 is 28.2 Å². The number of ether oxygens (including phenoxy) is 2. The van der Waals surface area contributed by atoms with Crippen molar-refractivity contribution in [1.82, 2.24) is 14.7 Å². The van der Waals surface area contributed by atoms with Gasteiger partial charge in [0, 0.05) is 6.54 Å². The number of amides is 2. The van der Waals surface area contributed by atoms with E-state index in [0.29, 0.717) is 36.2 Å². The largest absolute Gasteiger partial charge is 0.465 e. The van der Waals surface area contributed by atoms with Crippen LogP contribution in [0.25, 0.3) is 5.69 Å². The normalized spacial score (nSPS) is 18.7. The zero-order valence-corrected chi connectivity index (χ0v) is 20.8. The molecule has 5 rings (SSSR count). The van der Waals surface area contributed by atoms with Crippen LogP contribution in [0, 0.1) is 12.7 Å². The molecule has 192 valence electrons. The van der Waals surface area contributed by atoms with Gasteiger partial charge in [-0.3, -0.25) is 10.1 Å². The number of benzene rings is 2. The molecule has 0 aliphatic carbocycles. The quantitative estimate of drug-likeness (QED) is 0.492. The summed E-state index contributed by atoms with van der Waals surface area (Å²) in [5.74, 6) is -1.52. The first-order valence-electron chi connectivity index (χ1n) is 11.5. The Morgan fingerprint density at radius 1 is 1.30 bits per heavy atom. The molecule has 1 saturated heterocycles. The Bertz CT molecular complexity index is 1460. The second kappa shape index (κ2) is 9.07. The number of methoxy groups -OCH3 is 1. The molecule has 0 radical (unpaired) electrons. The van der Waals surface area contributed by atoms with E-state index in [1.54, 1.807) is 25.1 Å². The fourth-order valence-electron chi connectivity index (χ4n) is 4.97. The van der Waals surface area contributed by atoms with Gasteiger partial charge < -0.3 is 20.1 Å². The van der Waals surface area contributed by atoms with Gasteiger partial charge in [-0.15, -0.1) is 0 Å². The number of nitrogens with one attached hydrogen (secondary N) is 1. The highest BCUT2D eigenvalue weighted by molar-refractivity contribution is 6.31. The average molecular weight is 528 g/mol. The zero-order valence-electron chi connectivity index (χ0n) is 20.0. The van der Waals surface area contributed by atoms with Crippen LogP contribution in [-0.2, 0) is 15.1 Å². The van der Waals surface area contributed by atoms with Crippen LogP contribution in [0.1, 0.15) is 44.7 Å². The topological polar surface area (TPSA) is 129 Å². The van der Waals surface area contributed by atoms with Gasteiger partial charge in [0.25, 0.3) is 5.91 Å². The fraction of sp³-hybridized carbons (Fsp3) is 0.280. The molecule has 1 fully saturated rings. The monoisotopic (exact) mass is 527 g/mol. The van der Waals surface area contributed by atoms with E-state index in [1.165, 1.54) is 35.0 Å². The minimum absolute atomic E-state index is 0.0824. The summed E-state index contributed by atoms with van der Waals surface area (Å²) >= 11 is 6.03. The number of esters is 1. The molecule has 2 amide bonds. The highest BCUT2D eigenvalue weighted by Crippen LogP contribution is 2.45. The van der Waals surface area contributed by atoms with Crippen LogP contribution >= 0.6 is 11.6 Å². The summed E-state index contributed by atoms with van der Waals surface area (Å²) in [5, 5.41) is 6.68. The lowest BCUT2D eigenvalue weighted by atomic mass is 9.83. The Labute approximate surface area is 216 Å². The number of nitrogens with zero attached hydrogens (tertiary/aromatic N) is 3. The molecule has 2 aromatic carbocycles. The molecule has 10 nitrogen and oxygen atoms in total. The predicted molar refractivity (Wildman–Crippen MR) is 132 cm³/mol. The van der Waals surface area contributed by atoms with Crippen LogP contribution in [0.15, 0.2) is 36.5 Å². The number of aromatic nitrogens is 2. The lowest BCUT2D eigenvalue weighted by Crippen LogP contribution is -2.53. The SMILES string of the molecule is COC(=O)c1ccc(-n2ncc(C(=O)N3CCC[C@@]4(C3)OC(=O)Nc3ccc(Cl)c(F)c34)c2N)c(C)c1. The summed E-state index contributed by atoms with van der Waals surface area (Å²) in [6.45, 7) is 2.04. The summed E-state index contributed by atoms with van der Waals surface area (Å²) in [5.41, 5.74) is 7.09. The van der Waals surface area contributed by atoms with E-state index in [9.17, 15) is 14.4 Å². The van der Waals surface area contributed by atoms with Crippen molar-refractivity contribution in [2.45, 2.75) is 25.4 Å². The highest BCUT2D eigenvalue weighted by atomic mass is 35.5. The van der Waals surface area contributed by atoms with E-state index in [0.717, 1.165) is 0 Å². The Morgan fingerprint density at radius 2 is 2.08 bits per heavy atom. The molecular formula is C25H23ClFN5O5. The van der Waals surface area contributed by atoms with Gasteiger partial charge in [0.2, 0.25) is 0 Å². The number of hydrogen-bond donors (Lipinski definition) is 2. The maximum atomic E-state index is 15.2. The van der Waals surface area contributed by atoms with Gasteiger partial charge in [0.15, 0.2) is 11.4 Å². The first-order valence-corrected chi connectivity index (χ1v) is 11.8. The molecule has 3 aromatic rings. The third kappa shape index (κ3) is 4.05. The van der Waals surface area contributed by atoms with Gasteiger partial charge in [-0.05, 0) is 55.7 Å². The molecular weight excluding hydrogens is 505 g/mol. The molecule has 1 atom stereocenters. The zero-order chi connectivity index (χ0) is 26.5. The Hall–Kier alpha value is -4.12. The van der Waals surface area contributed by atoms with E-state index in [-0.39, 0.29) is 34.2 Å². The summed E-state index contributed by atoms with van der Waals surface area (Å²) in [4.78, 5) is 39.2. The minimum Gasteiger partial charge on any atom is -0.465 e. The van der Waals surface area contributed by atoms with Crippen molar-refractivity contribution in [3.8, 4) is 5.69 Å². The van der Waals surface area contributed by atoms with Crippen molar-refractivity contribution in [2.24, 2.45) is 0 Å². The first-order chi connectivity index (χ1) is 17.6. The highest BCUT2D eigenvalue weighted by Gasteiger charge is 2.48. The van der Waals surface area contributed by atoms with Crippen LogP contribution in [0.3, 0.4) is 0 Å².